The van der Waals surface area contributed by atoms with Crippen LogP contribution >= 0.6 is 23.1 Å². The van der Waals surface area contributed by atoms with Crippen LogP contribution in [0.25, 0.3) is 16.2 Å². The number of thioether (sulfide) groups is 1. The molecule has 0 aromatic carbocycles. The third-order valence-electron chi connectivity index (χ3n) is 2.67. The standard InChI is InChI=1S/C11H7N5O3S2/c1-20-11-14-9-8(21-11)10(13-5-12-9)15-3-2-7(17)6(4-15)16(18)19/h2-5H,1H3. The van der Waals surface area contributed by atoms with E-state index in [2.05, 4.69) is 15.0 Å². The van der Waals surface area contributed by atoms with Crippen LogP contribution < -0.4 is 5.43 Å². The molecule has 0 bridgehead atoms. The first-order valence-electron chi connectivity index (χ1n) is 5.63. The van der Waals surface area contributed by atoms with Gasteiger partial charge in [-0.15, -0.1) is 11.3 Å². The zero-order chi connectivity index (χ0) is 15.0. The lowest BCUT2D eigenvalue weighted by Gasteiger charge is -2.04. The molecule has 0 saturated carbocycles. The van der Waals surface area contributed by atoms with Crippen molar-refractivity contribution in [1.29, 1.82) is 0 Å². The van der Waals surface area contributed by atoms with E-state index >= 15 is 0 Å². The highest BCUT2D eigenvalue weighted by molar-refractivity contribution is 8.00. The third kappa shape index (κ3) is 2.38. The fourth-order valence-electron chi connectivity index (χ4n) is 1.73. The normalized spacial score (nSPS) is 10.9. The van der Waals surface area contributed by atoms with Crippen LogP contribution in [0.15, 0.2) is 33.9 Å². The Morgan fingerprint density at radius 3 is 2.95 bits per heavy atom. The van der Waals surface area contributed by atoms with Gasteiger partial charge in [-0.2, -0.15) is 0 Å². The Balaban J connectivity index is 2.25. The molecule has 0 unspecified atom stereocenters. The summed E-state index contributed by atoms with van der Waals surface area (Å²) in [4.78, 5) is 34.1. The molecule has 0 spiro atoms. The highest BCUT2D eigenvalue weighted by Crippen LogP contribution is 2.30. The second-order valence-electron chi connectivity index (χ2n) is 3.89. The number of pyridine rings is 1. The molecule has 21 heavy (non-hydrogen) atoms. The van der Waals surface area contributed by atoms with E-state index < -0.39 is 16.0 Å². The molecule has 0 saturated heterocycles. The average Bonchev–Trinajstić information content (AvgIpc) is 2.90. The summed E-state index contributed by atoms with van der Waals surface area (Å²) in [5, 5.41) is 10.9. The molecule has 0 N–H and O–H groups in total. The van der Waals surface area contributed by atoms with Crippen LogP contribution in [0.4, 0.5) is 5.69 Å². The minimum Gasteiger partial charge on any atom is -0.300 e. The molecule has 0 atom stereocenters. The van der Waals surface area contributed by atoms with Gasteiger partial charge in [-0.05, 0) is 6.26 Å². The summed E-state index contributed by atoms with van der Waals surface area (Å²) in [6.07, 6.45) is 5.83. The molecule has 3 aromatic rings. The molecule has 0 aliphatic rings. The van der Waals surface area contributed by atoms with E-state index in [1.807, 2.05) is 6.26 Å². The molecule has 0 fully saturated rings. The summed E-state index contributed by atoms with van der Waals surface area (Å²) in [6, 6.07) is 1.14. The highest BCUT2D eigenvalue weighted by atomic mass is 32.2. The Morgan fingerprint density at radius 1 is 1.43 bits per heavy atom. The van der Waals surface area contributed by atoms with Gasteiger partial charge in [-0.25, -0.2) is 15.0 Å². The zero-order valence-electron chi connectivity index (χ0n) is 10.6. The van der Waals surface area contributed by atoms with Gasteiger partial charge >= 0.3 is 5.69 Å². The summed E-state index contributed by atoms with van der Waals surface area (Å²) in [7, 11) is 0. The van der Waals surface area contributed by atoms with Gasteiger partial charge in [-0.1, -0.05) is 11.8 Å². The maximum absolute atomic E-state index is 11.5. The van der Waals surface area contributed by atoms with Gasteiger partial charge in [0.15, 0.2) is 15.8 Å². The maximum atomic E-state index is 11.5. The first-order valence-corrected chi connectivity index (χ1v) is 7.67. The summed E-state index contributed by atoms with van der Waals surface area (Å²) in [5.74, 6) is 0.459. The van der Waals surface area contributed by atoms with Crippen LogP contribution in [0, 0.1) is 10.1 Å². The van der Waals surface area contributed by atoms with Crippen molar-refractivity contribution in [2.75, 3.05) is 6.26 Å². The first kappa shape index (κ1) is 13.6. The van der Waals surface area contributed by atoms with E-state index in [1.54, 1.807) is 0 Å². The highest BCUT2D eigenvalue weighted by Gasteiger charge is 2.16. The summed E-state index contributed by atoms with van der Waals surface area (Å²) in [5.41, 5.74) is -0.620. The number of fused-ring (bicyclic) bond motifs is 1. The minimum absolute atomic E-state index is 0.459. The van der Waals surface area contributed by atoms with Crippen molar-refractivity contribution in [3.63, 3.8) is 0 Å². The van der Waals surface area contributed by atoms with Gasteiger partial charge in [0.1, 0.15) is 11.0 Å². The molecule has 3 rings (SSSR count). The Labute approximate surface area is 125 Å². The summed E-state index contributed by atoms with van der Waals surface area (Å²) in [6.45, 7) is 0. The van der Waals surface area contributed by atoms with Crippen molar-refractivity contribution in [3.05, 3.63) is 45.1 Å². The number of nitrogens with zero attached hydrogens (tertiary/aromatic N) is 5. The molecular weight excluding hydrogens is 314 g/mol. The number of thiazole rings is 1. The fraction of sp³-hybridized carbons (Fsp3) is 0.0909. The van der Waals surface area contributed by atoms with Gasteiger partial charge in [0.05, 0.1) is 11.1 Å². The topological polar surface area (TPSA) is 104 Å². The SMILES string of the molecule is CSc1nc2ncnc(-n3ccc(=O)c([N+](=O)[O-])c3)c2s1. The van der Waals surface area contributed by atoms with Crippen molar-refractivity contribution < 1.29 is 4.92 Å². The zero-order valence-corrected chi connectivity index (χ0v) is 12.2. The predicted molar refractivity (Wildman–Crippen MR) is 79.2 cm³/mol. The first-order chi connectivity index (χ1) is 10.1. The van der Waals surface area contributed by atoms with Crippen molar-refractivity contribution in [2.24, 2.45) is 0 Å². The van der Waals surface area contributed by atoms with Crippen molar-refractivity contribution in [2.45, 2.75) is 4.34 Å². The van der Waals surface area contributed by atoms with E-state index in [0.717, 1.165) is 16.6 Å². The van der Waals surface area contributed by atoms with E-state index in [4.69, 9.17) is 0 Å². The van der Waals surface area contributed by atoms with Crippen molar-refractivity contribution in [1.82, 2.24) is 19.5 Å². The van der Waals surface area contributed by atoms with E-state index in [1.165, 1.54) is 40.2 Å². The van der Waals surface area contributed by atoms with Gasteiger partial charge in [0.2, 0.25) is 0 Å². The number of hydrogen-bond acceptors (Lipinski definition) is 8. The lowest BCUT2D eigenvalue weighted by Crippen LogP contribution is -2.10. The van der Waals surface area contributed by atoms with Gasteiger partial charge in [0, 0.05) is 12.3 Å². The second kappa shape index (κ2) is 5.22. The van der Waals surface area contributed by atoms with Crippen LogP contribution in [-0.2, 0) is 0 Å². The maximum Gasteiger partial charge on any atom is 0.332 e. The minimum atomic E-state index is -0.711. The van der Waals surface area contributed by atoms with Crippen molar-refractivity contribution >= 4 is 39.1 Å². The van der Waals surface area contributed by atoms with Crippen LogP contribution in [0.3, 0.4) is 0 Å². The molecule has 0 radical (unpaired) electrons. The Bertz CT molecular complexity index is 904. The summed E-state index contributed by atoms with van der Waals surface area (Å²) >= 11 is 2.88. The molecular formula is C11H7N5O3S2. The average molecular weight is 321 g/mol. The van der Waals surface area contributed by atoms with Crippen LogP contribution in [0.5, 0.6) is 0 Å². The fourth-order valence-corrected chi connectivity index (χ4v) is 3.24. The van der Waals surface area contributed by atoms with Gasteiger partial charge in [0.25, 0.3) is 5.43 Å². The molecule has 3 heterocycles. The molecule has 8 nitrogen and oxygen atoms in total. The lowest BCUT2D eigenvalue weighted by molar-refractivity contribution is -0.386. The Morgan fingerprint density at radius 2 is 2.24 bits per heavy atom. The largest absolute Gasteiger partial charge is 0.332 e. The predicted octanol–water partition coefficient (Wildman–Crippen LogP) is 1.87. The Hall–Kier alpha value is -2.33. The van der Waals surface area contributed by atoms with Crippen LogP contribution in [-0.4, -0.2) is 30.7 Å². The van der Waals surface area contributed by atoms with Crippen LogP contribution in [0.1, 0.15) is 0 Å². The Kier molecular flexibility index (Phi) is 3.39. The second-order valence-corrected chi connectivity index (χ2v) is 5.95. The number of rotatable bonds is 3. The molecule has 0 aliphatic carbocycles. The van der Waals surface area contributed by atoms with Crippen molar-refractivity contribution in [3.8, 4) is 5.82 Å². The molecule has 10 heteroatoms. The quantitative estimate of drug-likeness (QED) is 0.412. The number of hydrogen-bond donors (Lipinski definition) is 0. The number of nitro groups is 1. The summed E-state index contributed by atoms with van der Waals surface area (Å²) < 4.78 is 2.97. The third-order valence-corrected chi connectivity index (χ3v) is 4.69. The lowest BCUT2D eigenvalue weighted by atomic mass is 10.4. The van der Waals surface area contributed by atoms with E-state index in [-0.39, 0.29) is 0 Å². The molecule has 0 amide bonds. The van der Waals surface area contributed by atoms with Gasteiger partial charge < -0.3 is 4.57 Å². The smallest absolute Gasteiger partial charge is 0.300 e. The van der Waals surface area contributed by atoms with Crippen LogP contribution in [0.2, 0.25) is 0 Å². The number of aromatic nitrogens is 4. The van der Waals surface area contributed by atoms with E-state index in [0.29, 0.717) is 16.2 Å². The monoisotopic (exact) mass is 321 g/mol. The van der Waals surface area contributed by atoms with Gasteiger partial charge in [-0.3, -0.25) is 14.9 Å². The molecule has 106 valence electrons. The van der Waals surface area contributed by atoms with E-state index in [9.17, 15) is 14.9 Å². The molecule has 0 aliphatic heterocycles. The molecule has 3 aromatic heterocycles.